The molecule has 2 rings (SSSR count). The van der Waals surface area contributed by atoms with Crippen molar-refractivity contribution in [2.45, 2.75) is 37.5 Å². The average molecular weight is 281 g/mol. The molecule has 1 aromatic rings. The maximum Gasteiger partial charge on any atom is 0.240 e. The lowest BCUT2D eigenvalue weighted by Crippen LogP contribution is -2.32. The summed E-state index contributed by atoms with van der Waals surface area (Å²) < 4.78 is 26.9. The van der Waals surface area contributed by atoms with Crippen LogP contribution in [0.2, 0.25) is 0 Å². The fourth-order valence-corrected chi connectivity index (χ4v) is 3.21. The van der Waals surface area contributed by atoms with Crippen LogP contribution in [-0.2, 0) is 10.0 Å². The van der Waals surface area contributed by atoms with Crippen LogP contribution >= 0.6 is 0 Å². The Morgan fingerprint density at radius 3 is 2.68 bits per heavy atom. The van der Waals surface area contributed by atoms with E-state index in [1.807, 2.05) is 0 Å². The third-order valence-corrected chi connectivity index (χ3v) is 5.00. The number of benzene rings is 1. The first-order chi connectivity index (χ1) is 9.03. The molecule has 0 radical (unpaired) electrons. The number of Topliss-reactive ketones (excluding diaryl/α,β-unsaturated/α-hetero) is 1. The molecule has 1 aliphatic carbocycles. The lowest BCUT2D eigenvalue weighted by molar-refractivity contribution is 0.0988. The second-order valence-electron chi connectivity index (χ2n) is 4.95. The van der Waals surface area contributed by atoms with Gasteiger partial charge in [0.2, 0.25) is 10.0 Å². The second-order valence-corrected chi connectivity index (χ2v) is 6.72. The quantitative estimate of drug-likeness (QED) is 0.814. The Bertz CT molecular complexity index is 562. The first kappa shape index (κ1) is 14.2. The lowest BCUT2D eigenvalue weighted by atomic mass is 9.86. The molecular weight excluding hydrogens is 262 g/mol. The van der Waals surface area contributed by atoms with E-state index in [1.54, 1.807) is 19.1 Å². The van der Waals surface area contributed by atoms with E-state index in [2.05, 4.69) is 4.72 Å². The zero-order chi connectivity index (χ0) is 13.9. The zero-order valence-corrected chi connectivity index (χ0v) is 11.9. The van der Waals surface area contributed by atoms with E-state index in [1.165, 1.54) is 18.6 Å². The van der Waals surface area contributed by atoms with E-state index in [-0.39, 0.29) is 10.7 Å². The SMILES string of the molecule is CCC(=O)c1cccc(S(=O)(=O)NCC2CCC2)c1. The molecule has 104 valence electrons. The second kappa shape index (κ2) is 5.84. The van der Waals surface area contributed by atoms with Crippen molar-refractivity contribution < 1.29 is 13.2 Å². The highest BCUT2D eigenvalue weighted by atomic mass is 32.2. The molecule has 0 atom stereocenters. The summed E-state index contributed by atoms with van der Waals surface area (Å²) in [4.78, 5) is 11.8. The molecule has 1 saturated carbocycles. The first-order valence-corrected chi connectivity index (χ1v) is 8.14. The third kappa shape index (κ3) is 3.42. The zero-order valence-electron chi connectivity index (χ0n) is 11.1. The highest BCUT2D eigenvalue weighted by Crippen LogP contribution is 2.25. The van der Waals surface area contributed by atoms with Gasteiger partial charge in [0.1, 0.15) is 0 Å². The van der Waals surface area contributed by atoms with Gasteiger partial charge in [0.15, 0.2) is 5.78 Å². The summed E-state index contributed by atoms with van der Waals surface area (Å²) in [5.41, 5.74) is 0.453. The van der Waals surface area contributed by atoms with Gasteiger partial charge in [-0.15, -0.1) is 0 Å². The molecule has 1 N–H and O–H groups in total. The number of carbonyl (C=O) groups excluding carboxylic acids is 1. The maximum absolute atomic E-state index is 12.1. The van der Waals surface area contributed by atoms with Crippen molar-refractivity contribution in [2.24, 2.45) is 5.92 Å². The summed E-state index contributed by atoms with van der Waals surface area (Å²) in [5, 5.41) is 0. The van der Waals surface area contributed by atoms with Gasteiger partial charge in [-0.3, -0.25) is 4.79 Å². The van der Waals surface area contributed by atoms with Crippen molar-refractivity contribution in [3.63, 3.8) is 0 Å². The van der Waals surface area contributed by atoms with E-state index in [0.29, 0.717) is 24.4 Å². The fourth-order valence-electron chi connectivity index (χ4n) is 2.05. The van der Waals surface area contributed by atoms with Crippen LogP contribution < -0.4 is 4.72 Å². The molecule has 5 heteroatoms. The minimum absolute atomic E-state index is 0.0453. The van der Waals surface area contributed by atoms with E-state index in [0.717, 1.165) is 12.8 Å². The smallest absolute Gasteiger partial charge is 0.240 e. The first-order valence-electron chi connectivity index (χ1n) is 6.66. The normalized spacial score (nSPS) is 16.1. The van der Waals surface area contributed by atoms with Gasteiger partial charge in [-0.1, -0.05) is 25.5 Å². The van der Waals surface area contributed by atoms with Gasteiger partial charge < -0.3 is 0 Å². The maximum atomic E-state index is 12.1. The molecule has 0 saturated heterocycles. The molecule has 0 aromatic heterocycles. The van der Waals surface area contributed by atoms with Crippen LogP contribution in [0.4, 0.5) is 0 Å². The van der Waals surface area contributed by atoms with Crippen molar-refractivity contribution in [2.75, 3.05) is 6.54 Å². The van der Waals surface area contributed by atoms with Crippen LogP contribution in [0.5, 0.6) is 0 Å². The molecular formula is C14H19NO3S. The van der Waals surface area contributed by atoms with Crippen LogP contribution in [0.25, 0.3) is 0 Å². The molecule has 0 aliphatic heterocycles. The largest absolute Gasteiger partial charge is 0.294 e. The molecule has 4 nitrogen and oxygen atoms in total. The summed E-state index contributed by atoms with van der Waals surface area (Å²) in [6.07, 6.45) is 3.75. The molecule has 1 aromatic carbocycles. The average Bonchev–Trinajstić information content (AvgIpc) is 2.36. The van der Waals surface area contributed by atoms with E-state index in [9.17, 15) is 13.2 Å². The topological polar surface area (TPSA) is 63.2 Å². The van der Waals surface area contributed by atoms with Gasteiger partial charge in [-0.2, -0.15) is 0 Å². The predicted molar refractivity (Wildman–Crippen MR) is 73.6 cm³/mol. The van der Waals surface area contributed by atoms with Crippen molar-refractivity contribution in [3.05, 3.63) is 29.8 Å². The van der Waals surface area contributed by atoms with Gasteiger partial charge in [-0.25, -0.2) is 13.1 Å². The molecule has 0 heterocycles. The predicted octanol–water partition coefficient (Wildman–Crippen LogP) is 2.36. The monoisotopic (exact) mass is 281 g/mol. The van der Waals surface area contributed by atoms with Gasteiger partial charge in [0.25, 0.3) is 0 Å². The summed E-state index contributed by atoms with van der Waals surface area (Å²) in [5.74, 6) is 0.422. The molecule has 19 heavy (non-hydrogen) atoms. The number of ketones is 1. The van der Waals surface area contributed by atoms with Crippen LogP contribution in [-0.4, -0.2) is 20.7 Å². The van der Waals surface area contributed by atoms with Crippen molar-refractivity contribution in [3.8, 4) is 0 Å². The Balaban J connectivity index is 2.12. The van der Waals surface area contributed by atoms with Gasteiger partial charge in [0, 0.05) is 18.5 Å². The lowest BCUT2D eigenvalue weighted by Gasteiger charge is -2.25. The summed E-state index contributed by atoms with van der Waals surface area (Å²) >= 11 is 0. The Labute approximate surface area is 114 Å². The number of rotatable bonds is 6. The molecule has 0 spiro atoms. The highest BCUT2D eigenvalue weighted by molar-refractivity contribution is 7.89. The van der Waals surface area contributed by atoms with Crippen molar-refractivity contribution >= 4 is 15.8 Å². The number of sulfonamides is 1. The van der Waals surface area contributed by atoms with E-state index < -0.39 is 10.0 Å². The van der Waals surface area contributed by atoms with E-state index in [4.69, 9.17) is 0 Å². The van der Waals surface area contributed by atoms with Gasteiger partial charge in [0.05, 0.1) is 4.90 Å². The molecule has 0 bridgehead atoms. The summed E-state index contributed by atoms with van der Waals surface area (Å²) in [6, 6.07) is 6.24. The molecule has 1 aliphatic rings. The van der Waals surface area contributed by atoms with Gasteiger partial charge >= 0.3 is 0 Å². The standard InChI is InChI=1S/C14H19NO3S/c1-2-14(16)12-7-4-8-13(9-12)19(17,18)15-10-11-5-3-6-11/h4,7-9,11,15H,2-3,5-6,10H2,1H3. The Morgan fingerprint density at radius 2 is 2.11 bits per heavy atom. The third-order valence-electron chi connectivity index (χ3n) is 3.57. The summed E-state index contributed by atoms with van der Waals surface area (Å²) in [7, 11) is -3.50. The Hall–Kier alpha value is -1.20. The number of nitrogens with one attached hydrogen (secondary N) is 1. The Kier molecular flexibility index (Phi) is 4.37. The summed E-state index contributed by atoms with van der Waals surface area (Å²) in [6.45, 7) is 2.26. The fraction of sp³-hybridized carbons (Fsp3) is 0.500. The molecule has 0 amide bonds. The van der Waals surface area contributed by atoms with Crippen LogP contribution in [0.3, 0.4) is 0 Å². The van der Waals surface area contributed by atoms with Crippen LogP contribution in [0, 0.1) is 5.92 Å². The Morgan fingerprint density at radius 1 is 1.37 bits per heavy atom. The van der Waals surface area contributed by atoms with Crippen molar-refractivity contribution in [1.29, 1.82) is 0 Å². The van der Waals surface area contributed by atoms with Crippen molar-refractivity contribution in [1.82, 2.24) is 4.72 Å². The number of hydrogen-bond acceptors (Lipinski definition) is 3. The number of hydrogen-bond donors (Lipinski definition) is 1. The van der Waals surface area contributed by atoms with E-state index >= 15 is 0 Å². The van der Waals surface area contributed by atoms with Crippen LogP contribution in [0.15, 0.2) is 29.2 Å². The van der Waals surface area contributed by atoms with Crippen LogP contribution in [0.1, 0.15) is 43.0 Å². The van der Waals surface area contributed by atoms with Gasteiger partial charge in [-0.05, 0) is 30.9 Å². The number of carbonyl (C=O) groups is 1. The minimum Gasteiger partial charge on any atom is -0.294 e. The molecule has 0 unspecified atom stereocenters. The minimum atomic E-state index is -3.50. The highest BCUT2D eigenvalue weighted by Gasteiger charge is 2.21. The molecule has 1 fully saturated rings.